The largest absolute Gasteiger partial charge is 0.339 e. The summed E-state index contributed by atoms with van der Waals surface area (Å²) in [6, 6.07) is 15.4. The molecule has 28 heavy (non-hydrogen) atoms. The van der Waals surface area contributed by atoms with Gasteiger partial charge in [-0.2, -0.15) is 0 Å². The molecule has 0 aliphatic carbocycles. The predicted octanol–water partition coefficient (Wildman–Crippen LogP) is 2.19. The number of anilines is 2. The number of nitrogens with one attached hydrogen (secondary N) is 2. The van der Waals surface area contributed by atoms with Crippen LogP contribution in [-0.2, 0) is 9.59 Å². The van der Waals surface area contributed by atoms with Crippen molar-refractivity contribution in [1.29, 1.82) is 0 Å². The fourth-order valence-electron chi connectivity index (χ4n) is 4.07. The molecule has 2 amide bonds. The van der Waals surface area contributed by atoms with Crippen LogP contribution in [0.5, 0.6) is 0 Å². The van der Waals surface area contributed by atoms with E-state index >= 15 is 0 Å². The van der Waals surface area contributed by atoms with Gasteiger partial charge in [0.1, 0.15) is 17.9 Å². The van der Waals surface area contributed by atoms with Gasteiger partial charge in [0.25, 0.3) is 0 Å². The molecule has 2 N–H and O–H groups in total. The molecule has 7 heteroatoms. The Balaban J connectivity index is 1.52. The fraction of sp³-hybridized carbons (Fsp3) is 0.333. The number of halogens is 1. The zero-order valence-electron chi connectivity index (χ0n) is 15.5. The van der Waals surface area contributed by atoms with Crippen molar-refractivity contribution in [3.8, 4) is 0 Å². The quantitative estimate of drug-likeness (QED) is 0.851. The summed E-state index contributed by atoms with van der Waals surface area (Å²) < 4.78 is 13.0. The highest BCUT2D eigenvalue weighted by molar-refractivity contribution is 5.99. The first-order chi connectivity index (χ1) is 13.6. The van der Waals surface area contributed by atoms with E-state index in [9.17, 15) is 14.0 Å². The van der Waals surface area contributed by atoms with E-state index in [-0.39, 0.29) is 24.2 Å². The fourth-order valence-corrected chi connectivity index (χ4v) is 4.07. The van der Waals surface area contributed by atoms with Crippen LogP contribution in [0.3, 0.4) is 0 Å². The van der Waals surface area contributed by atoms with Crippen LogP contribution in [0.25, 0.3) is 0 Å². The Hall–Kier alpha value is -2.93. The molecule has 4 rings (SSSR count). The minimum atomic E-state index is -0.608. The topological polar surface area (TPSA) is 64.7 Å². The van der Waals surface area contributed by atoms with Crippen molar-refractivity contribution < 1.29 is 14.0 Å². The summed E-state index contributed by atoms with van der Waals surface area (Å²) in [5.41, 5.74) is 0.886. The van der Waals surface area contributed by atoms with Gasteiger partial charge in [-0.3, -0.25) is 9.59 Å². The maximum Gasteiger partial charge on any atom is 0.250 e. The number of piperidine rings is 1. The standard InChI is InChI=1S/C21H23FN4O2/c22-16-6-8-17(9-7-16)24-19(27)14-25-15-26(18-4-2-1-3-5-18)21(20(25)28)10-12-23-13-11-21/h1-9,23H,10-15H2,(H,24,27). The number of nitrogens with zero attached hydrogens (tertiary/aromatic N) is 2. The van der Waals surface area contributed by atoms with Crippen LogP contribution in [0.2, 0.25) is 0 Å². The molecule has 146 valence electrons. The molecule has 0 unspecified atom stereocenters. The van der Waals surface area contributed by atoms with E-state index < -0.39 is 5.54 Å². The van der Waals surface area contributed by atoms with Gasteiger partial charge in [-0.25, -0.2) is 4.39 Å². The SMILES string of the molecule is O=C(CN1CN(c2ccccc2)C2(CCNCC2)C1=O)Nc1ccc(F)cc1. The van der Waals surface area contributed by atoms with Crippen molar-refractivity contribution in [1.82, 2.24) is 10.2 Å². The summed E-state index contributed by atoms with van der Waals surface area (Å²) in [5, 5.41) is 6.05. The lowest BCUT2D eigenvalue weighted by molar-refractivity contribution is -0.135. The molecule has 0 radical (unpaired) electrons. The van der Waals surface area contributed by atoms with Gasteiger partial charge in [-0.1, -0.05) is 18.2 Å². The van der Waals surface area contributed by atoms with Gasteiger partial charge in [0.2, 0.25) is 11.8 Å². The average Bonchev–Trinajstić information content (AvgIpc) is 2.97. The second-order valence-corrected chi connectivity index (χ2v) is 7.24. The van der Waals surface area contributed by atoms with Crippen molar-refractivity contribution in [2.24, 2.45) is 0 Å². The number of carbonyl (C=O) groups is 2. The molecule has 2 aromatic carbocycles. The summed E-state index contributed by atoms with van der Waals surface area (Å²) >= 11 is 0. The lowest BCUT2D eigenvalue weighted by Crippen LogP contribution is -2.55. The minimum Gasteiger partial charge on any atom is -0.339 e. The number of hydrogen-bond acceptors (Lipinski definition) is 4. The van der Waals surface area contributed by atoms with E-state index in [0.717, 1.165) is 18.8 Å². The van der Waals surface area contributed by atoms with E-state index in [4.69, 9.17) is 0 Å². The van der Waals surface area contributed by atoms with Crippen LogP contribution >= 0.6 is 0 Å². The van der Waals surface area contributed by atoms with Crippen molar-refractivity contribution in [3.63, 3.8) is 0 Å². The molecule has 0 atom stereocenters. The maximum absolute atomic E-state index is 13.3. The Morgan fingerprint density at radius 3 is 2.43 bits per heavy atom. The molecular formula is C21H23FN4O2. The highest BCUT2D eigenvalue weighted by Crippen LogP contribution is 2.37. The first-order valence-electron chi connectivity index (χ1n) is 9.47. The summed E-state index contributed by atoms with van der Waals surface area (Å²) in [5.74, 6) is -0.662. The zero-order chi connectivity index (χ0) is 19.6. The van der Waals surface area contributed by atoms with Gasteiger partial charge >= 0.3 is 0 Å². The molecule has 2 aliphatic rings. The Morgan fingerprint density at radius 1 is 1.07 bits per heavy atom. The van der Waals surface area contributed by atoms with Crippen LogP contribution in [0.4, 0.5) is 15.8 Å². The van der Waals surface area contributed by atoms with Gasteiger partial charge in [0.05, 0.1) is 6.67 Å². The van der Waals surface area contributed by atoms with Crippen molar-refractivity contribution in [3.05, 3.63) is 60.4 Å². The molecule has 0 saturated carbocycles. The molecule has 6 nitrogen and oxygen atoms in total. The van der Waals surface area contributed by atoms with E-state index in [1.54, 1.807) is 4.90 Å². The summed E-state index contributed by atoms with van der Waals surface area (Å²) in [4.78, 5) is 29.5. The first-order valence-corrected chi connectivity index (χ1v) is 9.47. The average molecular weight is 382 g/mol. The molecule has 2 saturated heterocycles. The van der Waals surface area contributed by atoms with Gasteiger partial charge in [-0.05, 0) is 62.3 Å². The molecule has 2 heterocycles. The number of benzene rings is 2. The summed E-state index contributed by atoms with van der Waals surface area (Å²) in [6.45, 7) is 1.88. The molecule has 0 bridgehead atoms. The number of hydrogen-bond donors (Lipinski definition) is 2. The zero-order valence-corrected chi connectivity index (χ0v) is 15.5. The van der Waals surface area contributed by atoms with Crippen molar-refractivity contribution >= 4 is 23.2 Å². The lowest BCUT2D eigenvalue weighted by atomic mass is 9.86. The highest BCUT2D eigenvalue weighted by atomic mass is 19.1. The Labute approximate surface area is 163 Å². The monoisotopic (exact) mass is 382 g/mol. The Kier molecular flexibility index (Phi) is 5.00. The van der Waals surface area contributed by atoms with Crippen LogP contribution in [0.1, 0.15) is 12.8 Å². The molecular weight excluding hydrogens is 359 g/mol. The summed E-state index contributed by atoms with van der Waals surface area (Å²) in [7, 11) is 0. The molecule has 1 spiro atoms. The number of rotatable bonds is 4. The molecule has 2 aromatic rings. The van der Waals surface area contributed by atoms with Gasteiger partial charge < -0.3 is 20.4 Å². The minimum absolute atomic E-state index is 0.00731. The predicted molar refractivity (Wildman–Crippen MR) is 105 cm³/mol. The molecule has 2 aliphatic heterocycles. The molecule has 0 aromatic heterocycles. The van der Waals surface area contributed by atoms with E-state index in [0.29, 0.717) is 25.2 Å². The van der Waals surface area contributed by atoms with Crippen LogP contribution < -0.4 is 15.5 Å². The lowest BCUT2D eigenvalue weighted by Gasteiger charge is -2.40. The number of para-hydroxylation sites is 1. The van der Waals surface area contributed by atoms with Crippen LogP contribution in [0, 0.1) is 5.82 Å². The second kappa shape index (κ2) is 7.59. The van der Waals surface area contributed by atoms with Crippen molar-refractivity contribution in [2.75, 3.05) is 36.5 Å². The third-order valence-corrected chi connectivity index (χ3v) is 5.48. The van der Waals surface area contributed by atoms with E-state index in [1.807, 2.05) is 30.3 Å². The molecule has 2 fully saturated rings. The Morgan fingerprint density at radius 2 is 1.75 bits per heavy atom. The maximum atomic E-state index is 13.3. The summed E-state index contributed by atoms with van der Waals surface area (Å²) in [6.07, 6.45) is 1.41. The van der Waals surface area contributed by atoms with Crippen molar-refractivity contribution in [2.45, 2.75) is 18.4 Å². The third kappa shape index (κ3) is 3.45. The third-order valence-electron chi connectivity index (χ3n) is 5.48. The van der Waals surface area contributed by atoms with E-state index in [1.165, 1.54) is 24.3 Å². The Bertz CT molecular complexity index is 850. The van der Waals surface area contributed by atoms with Gasteiger partial charge in [0, 0.05) is 11.4 Å². The van der Waals surface area contributed by atoms with Crippen LogP contribution in [0.15, 0.2) is 54.6 Å². The van der Waals surface area contributed by atoms with Gasteiger partial charge in [-0.15, -0.1) is 0 Å². The van der Waals surface area contributed by atoms with Crippen LogP contribution in [-0.4, -0.2) is 48.6 Å². The smallest absolute Gasteiger partial charge is 0.250 e. The first kappa shape index (κ1) is 18.4. The number of amides is 2. The normalized spacial score (nSPS) is 18.5. The number of carbonyl (C=O) groups excluding carboxylic acids is 2. The highest BCUT2D eigenvalue weighted by Gasteiger charge is 2.53. The van der Waals surface area contributed by atoms with Gasteiger partial charge in [0.15, 0.2) is 0 Å². The van der Waals surface area contributed by atoms with E-state index in [2.05, 4.69) is 15.5 Å². The second-order valence-electron chi connectivity index (χ2n) is 7.24.